The summed E-state index contributed by atoms with van der Waals surface area (Å²) >= 11 is 0. The van der Waals surface area contributed by atoms with E-state index in [9.17, 15) is 27.8 Å². The molecular formula is C53H67FN8O7S. The summed E-state index contributed by atoms with van der Waals surface area (Å²) in [5.74, 6) is -0.317. The molecule has 70 heavy (non-hydrogen) atoms. The molecule has 17 heteroatoms. The predicted molar refractivity (Wildman–Crippen MR) is 266 cm³/mol. The van der Waals surface area contributed by atoms with Crippen LogP contribution in [0.1, 0.15) is 118 Å². The normalized spacial score (nSPS) is 23.9. The number of anilines is 2. The van der Waals surface area contributed by atoms with Gasteiger partial charge in [0.25, 0.3) is 15.9 Å². The van der Waals surface area contributed by atoms with E-state index in [-0.39, 0.29) is 38.5 Å². The SMILES string of the molecule is CC(C)c1ccccc1C1CN(C2CCOCC2)CCN1C1CC2(CCN(c3cc(Oc4cnc5[nH]cc(F)c5c4)c(C(=O)NS(=O)(=O)c4ccc(NCC5CCC(C)(O)CC5)c(O)c4)cn3)CC2)C1. The molecule has 5 fully saturated rings. The number of aromatic nitrogens is 3. The molecule has 1 atom stereocenters. The number of hydrogen-bond donors (Lipinski definition) is 5. The van der Waals surface area contributed by atoms with Crippen molar-refractivity contribution in [1.29, 1.82) is 0 Å². The van der Waals surface area contributed by atoms with Gasteiger partial charge in [0, 0.05) is 95.1 Å². The number of phenolic OH excluding ortho intramolecular Hbond substituents is 1. The molecular weight excluding hydrogens is 912 g/mol. The van der Waals surface area contributed by atoms with Crippen LogP contribution in [0.5, 0.6) is 17.2 Å². The van der Waals surface area contributed by atoms with Crippen molar-refractivity contribution in [1.82, 2.24) is 29.5 Å². The number of halogens is 1. The van der Waals surface area contributed by atoms with Crippen molar-refractivity contribution in [3.63, 3.8) is 0 Å². The van der Waals surface area contributed by atoms with Crippen LogP contribution in [0.2, 0.25) is 0 Å². The van der Waals surface area contributed by atoms with E-state index in [1.165, 1.54) is 47.9 Å². The molecule has 10 rings (SSSR count). The second kappa shape index (κ2) is 19.7. The van der Waals surface area contributed by atoms with E-state index in [1.807, 2.05) is 6.92 Å². The Balaban J connectivity index is 0.829. The molecule has 1 spiro atoms. The summed E-state index contributed by atoms with van der Waals surface area (Å²) in [7, 11) is -4.48. The maximum absolute atomic E-state index is 14.7. The van der Waals surface area contributed by atoms with Crippen molar-refractivity contribution < 1.29 is 37.3 Å². The summed E-state index contributed by atoms with van der Waals surface area (Å²) in [6.45, 7) is 13.3. The Kier molecular flexibility index (Phi) is 13.6. The first kappa shape index (κ1) is 48.3. The van der Waals surface area contributed by atoms with E-state index >= 15 is 0 Å². The maximum Gasteiger partial charge on any atom is 0.270 e. The zero-order chi connectivity index (χ0) is 48.8. The third-order valence-electron chi connectivity index (χ3n) is 16.1. The van der Waals surface area contributed by atoms with E-state index in [1.54, 1.807) is 6.07 Å². The first-order chi connectivity index (χ1) is 33.6. The quantitative estimate of drug-likeness (QED) is 0.0709. The number of H-pyrrole nitrogens is 1. The lowest BCUT2D eigenvalue weighted by molar-refractivity contribution is -0.0751. The van der Waals surface area contributed by atoms with Gasteiger partial charge in [-0.1, -0.05) is 38.1 Å². The maximum atomic E-state index is 14.7. The fraction of sp³-hybridized carbons (Fsp3) is 0.528. The number of rotatable bonds is 13. The third-order valence-corrected chi connectivity index (χ3v) is 17.5. The van der Waals surface area contributed by atoms with Crippen molar-refractivity contribution >= 4 is 38.5 Å². The van der Waals surface area contributed by atoms with Gasteiger partial charge in [0.2, 0.25) is 0 Å². The van der Waals surface area contributed by atoms with Crippen LogP contribution in [0.4, 0.5) is 15.9 Å². The van der Waals surface area contributed by atoms with Crippen LogP contribution in [-0.2, 0) is 14.8 Å². The predicted octanol–water partition coefficient (Wildman–Crippen LogP) is 8.48. The number of aliphatic hydroxyl groups is 1. The number of piperidine rings is 1. The van der Waals surface area contributed by atoms with Crippen LogP contribution in [-0.4, -0.2) is 119 Å². The highest BCUT2D eigenvalue weighted by molar-refractivity contribution is 7.90. The van der Waals surface area contributed by atoms with Gasteiger partial charge < -0.3 is 34.9 Å². The first-order valence-electron chi connectivity index (χ1n) is 25.2. The summed E-state index contributed by atoms with van der Waals surface area (Å²) in [6, 6.07) is 17.4. The summed E-state index contributed by atoms with van der Waals surface area (Å²) in [5.41, 5.74) is 2.98. The second-order valence-corrected chi connectivity index (χ2v) is 22.9. The number of sulfonamides is 1. The Morgan fingerprint density at radius 3 is 2.46 bits per heavy atom. The summed E-state index contributed by atoms with van der Waals surface area (Å²) < 4.78 is 56.2. The molecule has 2 aliphatic carbocycles. The fourth-order valence-electron chi connectivity index (χ4n) is 11.9. The fourth-order valence-corrected chi connectivity index (χ4v) is 12.8. The van der Waals surface area contributed by atoms with Gasteiger partial charge in [0.1, 0.15) is 40.1 Å². The molecule has 2 aromatic carbocycles. The zero-order valence-corrected chi connectivity index (χ0v) is 41.3. The molecule has 5 N–H and O–H groups in total. The van der Waals surface area contributed by atoms with Gasteiger partial charge in [-0.05, 0) is 118 Å². The van der Waals surface area contributed by atoms with Gasteiger partial charge in [-0.15, -0.1) is 0 Å². The highest BCUT2D eigenvalue weighted by Crippen LogP contribution is 2.53. The smallest absolute Gasteiger partial charge is 0.270 e. The number of nitrogens with one attached hydrogen (secondary N) is 3. The average molecular weight is 979 g/mol. The number of benzene rings is 2. The lowest BCUT2D eigenvalue weighted by Gasteiger charge is -2.59. The number of carbonyl (C=O) groups excluding carboxylic acids is 1. The minimum absolute atomic E-state index is 0.0259. The highest BCUT2D eigenvalue weighted by Gasteiger charge is 2.50. The highest BCUT2D eigenvalue weighted by atomic mass is 32.2. The van der Waals surface area contributed by atoms with Gasteiger partial charge in [0.15, 0.2) is 0 Å². The lowest BCUT2D eigenvalue weighted by atomic mass is 9.59. The minimum atomic E-state index is -4.48. The second-order valence-electron chi connectivity index (χ2n) is 21.2. The number of carbonyl (C=O) groups is 1. The van der Waals surface area contributed by atoms with Gasteiger partial charge in [0.05, 0.1) is 27.8 Å². The van der Waals surface area contributed by atoms with Gasteiger partial charge >= 0.3 is 0 Å². The summed E-state index contributed by atoms with van der Waals surface area (Å²) in [5, 5.41) is 24.6. The van der Waals surface area contributed by atoms with E-state index < -0.39 is 27.3 Å². The molecule has 0 bridgehead atoms. The molecule has 1 unspecified atom stereocenters. The molecule has 3 aliphatic heterocycles. The average Bonchev–Trinajstić information content (AvgIpc) is 3.72. The molecule has 374 valence electrons. The number of amides is 1. The molecule has 6 heterocycles. The Hall–Kier alpha value is -5.33. The Labute approximate surface area is 410 Å². The Morgan fingerprint density at radius 1 is 0.957 bits per heavy atom. The number of pyridine rings is 2. The number of nitrogens with zero attached hydrogens (tertiary/aromatic N) is 5. The van der Waals surface area contributed by atoms with Crippen LogP contribution in [0, 0.1) is 17.2 Å². The Bertz CT molecular complexity index is 2790. The number of aromatic hydroxyl groups is 1. The van der Waals surface area contributed by atoms with Crippen molar-refractivity contribution in [2.75, 3.05) is 62.7 Å². The number of aromatic amines is 1. The van der Waals surface area contributed by atoms with Gasteiger partial charge in [-0.25, -0.2) is 27.5 Å². The number of ether oxygens (including phenoxy) is 2. The molecule has 5 aliphatic rings. The minimum Gasteiger partial charge on any atom is -0.506 e. The number of hydrogen-bond acceptors (Lipinski definition) is 13. The van der Waals surface area contributed by atoms with E-state index in [0.717, 1.165) is 103 Å². The molecule has 3 saturated heterocycles. The summed E-state index contributed by atoms with van der Waals surface area (Å²) in [4.78, 5) is 33.2. The third kappa shape index (κ3) is 10.2. The van der Waals surface area contributed by atoms with Crippen LogP contribution in [0.3, 0.4) is 0 Å². The molecule has 0 radical (unpaired) electrons. The van der Waals surface area contributed by atoms with E-state index in [0.29, 0.717) is 66.5 Å². The topological polar surface area (TPSA) is 185 Å². The number of piperazine rings is 1. The molecule has 1 amide bonds. The monoisotopic (exact) mass is 978 g/mol. The van der Waals surface area contributed by atoms with Crippen LogP contribution in [0.15, 0.2) is 78.1 Å². The molecule has 5 aromatic rings. The van der Waals surface area contributed by atoms with Crippen molar-refractivity contribution in [3.8, 4) is 17.2 Å². The van der Waals surface area contributed by atoms with Crippen molar-refractivity contribution in [3.05, 3.63) is 95.7 Å². The van der Waals surface area contributed by atoms with E-state index in [4.69, 9.17) is 14.5 Å². The molecule has 15 nitrogen and oxygen atoms in total. The lowest BCUT2D eigenvalue weighted by Crippen LogP contribution is -2.61. The number of phenols is 1. The van der Waals surface area contributed by atoms with Crippen molar-refractivity contribution in [2.45, 2.75) is 120 Å². The van der Waals surface area contributed by atoms with E-state index in [2.05, 4.69) is 72.8 Å². The van der Waals surface area contributed by atoms with Gasteiger partial charge in [-0.3, -0.25) is 14.6 Å². The molecule has 2 saturated carbocycles. The number of fused-ring (bicyclic) bond motifs is 1. The zero-order valence-electron chi connectivity index (χ0n) is 40.5. The molecule has 3 aromatic heterocycles. The van der Waals surface area contributed by atoms with Gasteiger partial charge in [-0.2, -0.15) is 0 Å². The summed E-state index contributed by atoms with van der Waals surface area (Å²) in [6.07, 6.45) is 13.4. The standard InChI is InChI=1S/C53H67FN8O7S/c1-34(2)40-6-4-5-7-41(40)46-33-61(36-12-22-68-23-13-36)20-21-62(46)37-27-53(28-37)16-18-60(19-17-53)49-26-48(69-38-24-42-44(54)32-58-50(42)57-30-38)43(31-56-49)51(64)59-70(66,67)39-8-9-45(47(63)25-39)55-29-35-10-14-52(3,65)15-11-35/h4-9,24-26,30-32,34-37,46,55,63,65H,10-23,27-29,33H2,1-3H3,(H,57,58)(H,59,64). The van der Waals surface area contributed by atoms with Crippen LogP contribution >= 0.6 is 0 Å². The first-order valence-corrected chi connectivity index (χ1v) is 26.7. The van der Waals surface area contributed by atoms with Crippen LogP contribution in [0.25, 0.3) is 11.0 Å². The largest absolute Gasteiger partial charge is 0.506 e. The van der Waals surface area contributed by atoms with Crippen LogP contribution < -0.4 is 19.7 Å². The van der Waals surface area contributed by atoms with Crippen molar-refractivity contribution in [2.24, 2.45) is 11.3 Å². The Morgan fingerprint density at radius 2 is 1.71 bits per heavy atom.